The first-order valence-electron chi connectivity index (χ1n) is 5.09. The molecule has 0 saturated carbocycles. The number of benzene rings is 1. The summed E-state index contributed by atoms with van der Waals surface area (Å²) < 4.78 is 38.0. The van der Waals surface area contributed by atoms with Crippen molar-refractivity contribution in [2.45, 2.75) is 19.1 Å². The van der Waals surface area contributed by atoms with Gasteiger partial charge in [-0.1, -0.05) is 15.9 Å². The first kappa shape index (κ1) is 15.0. The first-order chi connectivity index (χ1) is 8.30. The van der Waals surface area contributed by atoms with Gasteiger partial charge in [-0.15, -0.1) is 0 Å². The maximum Gasteiger partial charge on any atom is 0.416 e. The van der Waals surface area contributed by atoms with Crippen molar-refractivity contribution < 1.29 is 23.1 Å². The number of halogens is 4. The highest BCUT2D eigenvalue weighted by atomic mass is 79.9. The lowest BCUT2D eigenvalue weighted by Gasteiger charge is -2.11. The quantitative estimate of drug-likeness (QED) is 0.818. The van der Waals surface area contributed by atoms with Crippen molar-refractivity contribution in [3.8, 4) is 0 Å². The molecule has 100 valence electrons. The maximum absolute atomic E-state index is 12.5. The number of alkyl halides is 3. The van der Waals surface area contributed by atoms with Crippen LogP contribution in [0.1, 0.15) is 17.5 Å². The number of aliphatic carboxylic acids is 1. The van der Waals surface area contributed by atoms with Crippen LogP contribution >= 0.6 is 15.9 Å². The van der Waals surface area contributed by atoms with Gasteiger partial charge in [0.2, 0.25) is 0 Å². The van der Waals surface area contributed by atoms with E-state index in [-0.39, 0.29) is 19.5 Å². The van der Waals surface area contributed by atoms with Gasteiger partial charge in [0.1, 0.15) is 0 Å². The number of carbonyl (C=O) groups is 1. The molecule has 0 aromatic heterocycles. The van der Waals surface area contributed by atoms with Crippen LogP contribution < -0.4 is 5.32 Å². The van der Waals surface area contributed by atoms with Crippen LogP contribution in [-0.4, -0.2) is 17.6 Å². The van der Waals surface area contributed by atoms with Crippen LogP contribution in [-0.2, 0) is 17.5 Å². The molecular formula is C11H11BrF3NO2. The summed E-state index contributed by atoms with van der Waals surface area (Å²) in [5.74, 6) is -0.953. The van der Waals surface area contributed by atoms with Crippen LogP contribution in [0.5, 0.6) is 0 Å². The molecule has 0 amide bonds. The normalized spacial score (nSPS) is 11.6. The smallest absolute Gasteiger partial charge is 0.416 e. The van der Waals surface area contributed by atoms with E-state index in [0.717, 1.165) is 12.1 Å². The summed E-state index contributed by atoms with van der Waals surface area (Å²) in [5, 5.41) is 11.2. The highest BCUT2D eigenvalue weighted by Crippen LogP contribution is 2.31. The molecule has 0 fully saturated rings. The largest absolute Gasteiger partial charge is 0.481 e. The van der Waals surface area contributed by atoms with E-state index < -0.39 is 17.7 Å². The minimum Gasteiger partial charge on any atom is -0.481 e. The summed E-state index contributed by atoms with van der Waals surface area (Å²) >= 11 is 3.15. The van der Waals surface area contributed by atoms with Gasteiger partial charge in [-0.25, -0.2) is 0 Å². The summed E-state index contributed by atoms with van der Waals surface area (Å²) in [4.78, 5) is 10.3. The van der Waals surface area contributed by atoms with E-state index >= 15 is 0 Å². The zero-order valence-corrected chi connectivity index (χ0v) is 10.8. The number of nitrogens with one attached hydrogen (secondary N) is 1. The van der Waals surface area contributed by atoms with Crippen molar-refractivity contribution in [3.05, 3.63) is 33.8 Å². The molecule has 0 aliphatic carbocycles. The third kappa shape index (κ3) is 4.66. The van der Waals surface area contributed by atoms with Gasteiger partial charge in [-0.05, 0) is 23.8 Å². The summed E-state index contributed by atoms with van der Waals surface area (Å²) in [7, 11) is 0. The van der Waals surface area contributed by atoms with Gasteiger partial charge in [-0.2, -0.15) is 13.2 Å². The SMILES string of the molecule is O=C(O)CCNCc1cc(C(F)(F)F)ccc1Br. The van der Waals surface area contributed by atoms with E-state index in [0.29, 0.717) is 10.0 Å². The average molecular weight is 326 g/mol. The molecule has 0 aliphatic rings. The van der Waals surface area contributed by atoms with Crippen LogP contribution in [0, 0.1) is 0 Å². The Morgan fingerprint density at radius 2 is 2.06 bits per heavy atom. The monoisotopic (exact) mass is 325 g/mol. The minimum absolute atomic E-state index is 0.0728. The van der Waals surface area contributed by atoms with Crippen molar-refractivity contribution in [1.29, 1.82) is 0 Å². The summed E-state index contributed by atoms with van der Waals surface area (Å²) in [5.41, 5.74) is -0.282. The highest BCUT2D eigenvalue weighted by molar-refractivity contribution is 9.10. The van der Waals surface area contributed by atoms with Crippen LogP contribution in [0.4, 0.5) is 13.2 Å². The van der Waals surface area contributed by atoms with E-state index in [4.69, 9.17) is 5.11 Å². The molecule has 0 spiro atoms. The van der Waals surface area contributed by atoms with E-state index in [1.807, 2.05) is 0 Å². The Balaban J connectivity index is 2.67. The predicted molar refractivity (Wildman–Crippen MR) is 63.1 cm³/mol. The second kappa shape index (κ2) is 6.19. The molecule has 3 nitrogen and oxygen atoms in total. The molecule has 0 unspecified atom stereocenters. The van der Waals surface area contributed by atoms with Gasteiger partial charge < -0.3 is 10.4 Å². The molecule has 2 N–H and O–H groups in total. The minimum atomic E-state index is -4.38. The van der Waals surface area contributed by atoms with Gasteiger partial charge >= 0.3 is 12.1 Å². The van der Waals surface area contributed by atoms with Crippen molar-refractivity contribution in [2.24, 2.45) is 0 Å². The number of carboxylic acids is 1. The lowest BCUT2D eigenvalue weighted by Crippen LogP contribution is -2.18. The van der Waals surface area contributed by atoms with E-state index in [2.05, 4.69) is 21.2 Å². The Labute approximate surface area is 110 Å². The Kier molecular flexibility index (Phi) is 5.15. The molecule has 0 radical (unpaired) electrons. The molecule has 0 saturated heterocycles. The topological polar surface area (TPSA) is 49.3 Å². The molecule has 7 heteroatoms. The fourth-order valence-corrected chi connectivity index (χ4v) is 1.69. The fourth-order valence-electron chi connectivity index (χ4n) is 1.30. The molecule has 0 bridgehead atoms. The fraction of sp³-hybridized carbons (Fsp3) is 0.364. The van der Waals surface area contributed by atoms with Crippen molar-refractivity contribution in [3.63, 3.8) is 0 Å². The molecule has 0 aliphatic heterocycles. The highest BCUT2D eigenvalue weighted by Gasteiger charge is 2.30. The molecular weight excluding hydrogens is 315 g/mol. The summed E-state index contributed by atoms with van der Waals surface area (Å²) in [6, 6.07) is 3.36. The van der Waals surface area contributed by atoms with Gasteiger partial charge in [0.25, 0.3) is 0 Å². The lowest BCUT2D eigenvalue weighted by atomic mass is 10.1. The third-order valence-corrected chi connectivity index (χ3v) is 2.98. The average Bonchev–Trinajstić information content (AvgIpc) is 2.24. The van der Waals surface area contributed by atoms with Crippen LogP contribution in [0.3, 0.4) is 0 Å². The number of hydrogen-bond acceptors (Lipinski definition) is 2. The van der Waals surface area contributed by atoms with Gasteiger partial charge in [-0.3, -0.25) is 4.79 Å². The predicted octanol–water partition coefficient (Wildman–Crippen LogP) is 3.03. The molecule has 0 heterocycles. The number of rotatable bonds is 5. The molecule has 1 rings (SSSR count). The number of carboxylic acid groups (broad SMARTS) is 1. The van der Waals surface area contributed by atoms with Crippen LogP contribution in [0.2, 0.25) is 0 Å². The van der Waals surface area contributed by atoms with Gasteiger partial charge in [0.05, 0.1) is 12.0 Å². The number of hydrogen-bond donors (Lipinski definition) is 2. The van der Waals surface area contributed by atoms with E-state index in [1.165, 1.54) is 6.07 Å². The van der Waals surface area contributed by atoms with Crippen LogP contribution in [0.15, 0.2) is 22.7 Å². The summed E-state index contributed by atoms with van der Waals surface area (Å²) in [6.45, 7) is 0.385. The van der Waals surface area contributed by atoms with Crippen molar-refractivity contribution >= 4 is 21.9 Å². The Morgan fingerprint density at radius 1 is 1.39 bits per heavy atom. The van der Waals surface area contributed by atoms with E-state index in [1.54, 1.807) is 0 Å². The third-order valence-electron chi connectivity index (χ3n) is 2.20. The van der Waals surface area contributed by atoms with Gasteiger partial charge in [0, 0.05) is 17.6 Å². The second-order valence-corrected chi connectivity index (χ2v) is 4.48. The van der Waals surface area contributed by atoms with Crippen LogP contribution in [0.25, 0.3) is 0 Å². The second-order valence-electron chi connectivity index (χ2n) is 3.62. The first-order valence-corrected chi connectivity index (χ1v) is 5.88. The standard InChI is InChI=1S/C11H11BrF3NO2/c12-9-2-1-8(11(13,14)15)5-7(9)6-16-4-3-10(17)18/h1-2,5,16H,3-4,6H2,(H,17,18). The zero-order chi connectivity index (χ0) is 13.8. The Morgan fingerprint density at radius 3 is 2.61 bits per heavy atom. The molecule has 1 aromatic carbocycles. The van der Waals surface area contributed by atoms with Gasteiger partial charge in [0.15, 0.2) is 0 Å². The molecule has 1 aromatic rings. The molecule has 0 atom stereocenters. The zero-order valence-electron chi connectivity index (χ0n) is 9.22. The Hall–Kier alpha value is -1.08. The molecule has 18 heavy (non-hydrogen) atoms. The Bertz CT molecular complexity index is 435. The summed E-state index contributed by atoms with van der Waals surface area (Å²) in [6.07, 6.45) is -4.45. The lowest BCUT2D eigenvalue weighted by molar-refractivity contribution is -0.138. The van der Waals surface area contributed by atoms with Crippen molar-refractivity contribution in [1.82, 2.24) is 5.32 Å². The van der Waals surface area contributed by atoms with E-state index in [9.17, 15) is 18.0 Å². The maximum atomic E-state index is 12.5. The van der Waals surface area contributed by atoms with Crippen molar-refractivity contribution in [2.75, 3.05) is 6.54 Å².